The van der Waals surface area contributed by atoms with Gasteiger partial charge in [-0.3, -0.25) is 0 Å². The molecule has 1 saturated heterocycles. The van der Waals surface area contributed by atoms with E-state index < -0.39 is 0 Å². The summed E-state index contributed by atoms with van der Waals surface area (Å²) in [7, 11) is 0. The summed E-state index contributed by atoms with van der Waals surface area (Å²) >= 11 is 9.06. The summed E-state index contributed by atoms with van der Waals surface area (Å²) in [6.45, 7) is 4.19. The molecule has 0 aliphatic carbocycles. The second kappa shape index (κ2) is 7.26. The third-order valence-electron chi connectivity index (χ3n) is 1.61. The van der Waals surface area contributed by atoms with Crippen LogP contribution in [0, 0.1) is 0 Å². The minimum atomic E-state index is 0. The average molecular weight is 215 g/mol. The molecule has 0 aromatic carbocycles. The van der Waals surface area contributed by atoms with Crippen LogP contribution in [-0.4, -0.2) is 86.8 Å². The number of thiocarbonyl (C=S) groups is 1. The molecule has 1 radical (unpaired) electrons. The molecule has 0 saturated carbocycles. The number of hydrogen-bond donors (Lipinski definition) is 2. The van der Waals surface area contributed by atoms with E-state index in [9.17, 15) is 0 Å². The Hall–Kier alpha value is 1.84. The Kier molecular flexibility index (Phi) is 8.47. The van der Waals surface area contributed by atoms with Crippen LogP contribution in [0.1, 0.15) is 6.42 Å². The normalized spacial score (nSPS) is 18.5. The first-order valence-corrected chi connectivity index (χ1v) is 4.35. The first-order valence-electron chi connectivity index (χ1n) is 3.49. The van der Waals surface area contributed by atoms with Gasteiger partial charge in [0.1, 0.15) is 4.32 Å². The molecule has 0 aromatic rings. The van der Waals surface area contributed by atoms with Gasteiger partial charge in [0.15, 0.2) is 0 Å². The summed E-state index contributed by atoms with van der Waals surface area (Å²) in [5, 5.41) is 3.30. The van der Waals surface area contributed by atoms with Crippen molar-refractivity contribution in [3.63, 3.8) is 0 Å². The minimum absolute atomic E-state index is 0. The second-order valence-corrected chi connectivity index (χ2v) is 3.49. The van der Waals surface area contributed by atoms with E-state index in [4.69, 9.17) is 12.2 Å². The Labute approximate surface area is 121 Å². The summed E-state index contributed by atoms with van der Waals surface area (Å²) < 4.78 is 0.726. The number of hydrogen-bond acceptors (Lipinski definition) is 2. The predicted molar refractivity (Wildman–Crippen MR) is 56.4 cm³/mol. The maximum atomic E-state index is 4.94. The molecule has 1 aliphatic heterocycles. The first kappa shape index (κ1) is 12.8. The number of nitrogens with zero attached hydrogens (tertiary/aromatic N) is 1. The molecule has 5 heteroatoms. The topological polar surface area (TPSA) is 15.3 Å². The monoisotopic (exact) mass is 215 g/mol. The van der Waals surface area contributed by atoms with Gasteiger partial charge in [0, 0.05) is 71.0 Å². The van der Waals surface area contributed by atoms with Crippen LogP contribution in [0.3, 0.4) is 0 Å². The molecule has 0 bridgehead atoms. The molecule has 2 nitrogen and oxygen atoms in total. The third kappa shape index (κ3) is 5.20. The second-order valence-electron chi connectivity index (χ2n) is 2.37. The third-order valence-corrected chi connectivity index (χ3v) is 2.15. The Morgan fingerprint density at radius 3 is 2.73 bits per heavy atom. The molecule has 0 aromatic heterocycles. The summed E-state index contributed by atoms with van der Waals surface area (Å²) in [6.07, 6.45) is 1.17. The van der Waals surface area contributed by atoms with Crippen molar-refractivity contribution in [2.45, 2.75) is 6.42 Å². The molecule has 0 atom stereocenters. The van der Waals surface area contributed by atoms with Gasteiger partial charge in [0.05, 0.1) is 0 Å². The van der Waals surface area contributed by atoms with E-state index in [2.05, 4.69) is 22.8 Å². The van der Waals surface area contributed by atoms with Crippen molar-refractivity contribution in [3.05, 3.63) is 0 Å². The van der Waals surface area contributed by atoms with Crippen molar-refractivity contribution in [2.24, 2.45) is 0 Å². The van der Waals surface area contributed by atoms with Gasteiger partial charge in [-0.1, -0.05) is 12.2 Å². The van der Waals surface area contributed by atoms with Crippen LogP contribution in [0.4, 0.5) is 0 Å². The molecule has 1 N–H and O–H groups in total. The van der Waals surface area contributed by atoms with E-state index in [0.717, 1.165) is 30.5 Å². The molecule has 0 spiro atoms. The van der Waals surface area contributed by atoms with Crippen LogP contribution < -0.4 is 5.32 Å². The van der Waals surface area contributed by atoms with Crippen LogP contribution in [-0.2, 0) is 0 Å². The largest absolute Gasteiger partial charge is 0.356 e. The number of nitrogens with one attached hydrogen (secondary N) is 1. The Balaban J connectivity index is 0.000001000. The zero-order chi connectivity index (χ0) is 7.40. The van der Waals surface area contributed by atoms with Gasteiger partial charge >= 0.3 is 0 Å². The maximum Gasteiger partial charge on any atom is 0.133 e. The average Bonchev–Trinajstić information content (AvgIpc) is 2.12. The predicted octanol–water partition coefficient (Wildman–Crippen LogP) is 0.116. The standard InChI is InChI=1S/C6H12N2S2.K/c9-6(10)8-4-1-2-7-3-5-8;/h7H,1-5H2,(H,9,10);. The van der Waals surface area contributed by atoms with Crippen LogP contribution in [0.2, 0.25) is 0 Å². The van der Waals surface area contributed by atoms with E-state index in [1.165, 1.54) is 6.42 Å². The van der Waals surface area contributed by atoms with Gasteiger partial charge < -0.3 is 10.2 Å². The van der Waals surface area contributed by atoms with Gasteiger partial charge in [0.2, 0.25) is 0 Å². The van der Waals surface area contributed by atoms with Crippen molar-refractivity contribution >= 4 is 80.6 Å². The van der Waals surface area contributed by atoms with Gasteiger partial charge in [0.25, 0.3) is 0 Å². The zero-order valence-electron chi connectivity index (χ0n) is 6.84. The minimum Gasteiger partial charge on any atom is -0.356 e. The maximum absolute atomic E-state index is 4.94. The van der Waals surface area contributed by atoms with Gasteiger partial charge in [-0.15, -0.1) is 12.6 Å². The Morgan fingerprint density at radius 2 is 2.09 bits per heavy atom. The fourth-order valence-electron chi connectivity index (χ4n) is 1.04. The molecular weight excluding hydrogens is 203 g/mol. The van der Waals surface area contributed by atoms with Gasteiger partial charge in [-0.05, 0) is 13.0 Å². The fourth-order valence-corrected chi connectivity index (χ4v) is 1.42. The zero-order valence-corrected chi connectivity index (χ0v) is 11.7. The van der Waals surface area contributed by atoms with E-state index >= 15 is 0 Å². The van der Waals surface area contributed by atoms with E-state index in [1.54, 1.807) is 0 Å². The fraction of sp³-hybridized carbons (Fsp3) is 0.833. The summed E-state index contributed by atoms with van der Waals surface area (Å²) in [5.41, 5.74) is 0. The Bertz CT molecular complexity index is 124. The van der Waals surface area contributed by atoms with Crippen LogP contribution in [0.25, 0.3) is 0 Å². The summed E-state index contributed by atoms with van der Waals surface area (Å²) in [4.78, 5) is 2.12. The molecule has 0 unspecified atom stereocenters. The molecule has 1 fully saturated rings. The summed E-state index contributed by atoms with van der Waals surface area (Å²) in [5.74, 6) is 0. The smallest absolute Gasteiger partial charge is 0.133 e. The quantitative estimate of drug-likeness (QED) is 0.339. The first-order chi connectivity index (χ1) is 4.80. The van der Waals surface area contributed by atoms with Crippen molar-refractivity contribution in [1.82, 2.24) is 10.2 Å². The van der Waals surface area contributed by atoms with Gasteiger partial charge in [-0.25, -0.2) is 0 Å². The molecule has 1 heterocycles. The molecule has 1 rings (SSSR count). The molecule has 59 valence electrons. The van der Waals surface area contributed by atoms with E-state index in [-0.39, 0.29) is 51.4 Å². The summed E-state index contributed by atoms with van der Waals surface area (Å²) in [6, 6.07) is 0. The van der Waals surface area contributed by atoms with Gasteiger partial charge in [-0.2, -0.15) is 0 Å². The van der Waals surface area contributed by atoms with Crippen LogP contribution >= 0.6 is 24.8 Å². The molecule has 0 amide bonds. The molecular formula is C6H12KN2S2. The Morgan fingerprint density at radius 1 is 1.36 bits per heavy atom. The van der Waals surface area contributed by atoms with Crippen molar-refractivity contribution in [2.75, 3.05) is 26.2 Å². The van der Waals surface area contributed by atoms with Crippen molar-refractivity contribution in [3.8, 4) is 0 Å². The van der Waals surface area contributed by atoms with Crippen molar-refractivity contribution < 1.29 is 0 Å². The van der Waals surface area contributed by atoms with Crippen LogP contribution in [0.15, 0.2) is 0 Å². The van der Waals surface area contributed by atoms with E-state index in [1.807, 2.05) is 0 Å². The molecule has 11 heavy (non-hydrogen) atoms. The van der Waals surface area contributed by atoms with Crippen LogP contribution in [0.5, 0.6) is 0 Å². The number of rotatable bonds is 0. The molecule has 1 aliphatic rings. The SMILES string of the molecule is S=C(S)N1CCCNCC1.[K]. The number of thiol groups is 1. The van der Waals surface area contributed by atoms with E-state index in [0.29, 0.717) is 0 Å². The van der Waals surface area contributed by atoms with Crippen molar-refractivity contribution in [1.29, 1.82) is 0 Å².